The van der Waals surface area contributed by atoms with E-state index in [0.29, 0.717) is 16.5 Å². The fourth-order valence-corrected chi connectivity index (χ4v) is 4.31. The zero-order valence-electron chi connectivity index (χ0n) is 14.9. The highest BCUT2D eigenvalue weighted by Gasteiger charge is 2.17. The Bertz CT molecular complexity index is 1080. The predicted molar refractivity (Wildman–Crippen MR) is 107 cm³/mol. The van der Waals surface area contributed by atoms with Gasteiger partial charge < -0.3 is 10.3 Å². The summed E-state index contributed by atoms with van der Waals surface area (Å²) in [6, 6.07) is 8.84. The second-order valence-electron chi connectivity index (χ2n) is 6.97. The van der Waals surface area contributed by atoms with Crippen molar-refractivity contribution >= 4 is 28.1 Å². The van der Waals surface area contributed by atoms with E-state index < -0.39 is 5.69 Å². The average molecular weight is 383 g/mol. The second kappa shape index (κ2) is 7.52. The van der Waals surface area contributed by atoms with Gasteiger partial charge in [-0.1, -0.05) is 25.3 Å². The molecule has 2 aromatic heterocycles. The number of hydrogen-bond acceptors (Lipinski definition) is 4. The molecule has 6 nitrogen and oxygen atoms in total. The lowest BCUT2D eigenvalue weighted by Gasteiger charge is -2.22. The largest absolute Gasteiger partial charge is 0.349 e. The predicted octanol–water partition coefficient (Wildman–Crippen LogP) is 2.86. The van der Waals surface area contributed by atoms with Crippen LogP contribution in [0.5, 0.6) is 0 Å². The molecule has 1 aromatic carbocycles. The molecule has 140 valence electrons. The number of rotatable bonds is 4. The molecule has 1 aliphatic carbocycles. The molecule has 0 spiro atoms. The maximum atomic E-state index is 12.7. The Morgan fingerprint density at radius 1 is 1.19 bits per heavy atom. The number of carbonyl (C=O) groups excluding carboxylic acids is 1. The van der Waals surface area contributed by atoms with Gasteiger partial charge in [-0.3, -0.25) is 14.2 Å². The van der Waals surface area contributed by atoms with Crippen LogP contribution >= 0.6 is 11.3 Å². The lowest BCUT2D eigenvalue weighted by atomic mass is 9.95. The smallest absolute Gasteiger partial charge is 0.329 e. The lowest BCUT2D eigenvalue weighted by molar-refractivity contribution is 0.0928. The first-order chi connectivity index (χ1) is 13.1. The van der Waals surface area contributed by atoms with Crippen molar-refractivity contribution in [1.29, 1.82) is 0 Å². The first-order valence-electron chi connectivity index (χ1n) is 9.22. The fourth-order valence-electron chi connectivity index (χ4n) is 3.61. The van der Waals surface area contributed by atoms with Gasteiger partial charge in [0.05, 0.1) is 17.4 Å². The molecule has 0 radical (unpaired) electrons. The molecule has 7 heteroatoms. The van der Waals surface area contributed by atoms with Gasteiger partial charge in [0.2, 0.25) is 0 Å². The highest BCUT2D eigenvalue weighted by Crippen LogP contribution is 2.18. The number of aromatic amines is 1. The molecule has 1 fully saturated rings. The zero-order chi connectivity index (χ0) is 18.8. The maximum Gasteiger partial charge on any atom is 0.329 e. The number of nitrogens with zero attached hydrogens (tertiary/aromatic N) is 1. The zero-order valence-corrected chi connectivity index (χ0v) is 15.7. The number of amides is 1. The van der Waals surface area contributed by atoms with E-state index in [4.69, 9.17) is 0 Å². The van der Waals surface area contributed by atoms with Crippen molar-refractivity contribution in [2.45, 2.75) is 44.7 Å². The summed E-state index contributed by atoms with van der Waals surface area (Å²) in [5.74, 6) is -0.160. The molecule has 0 bridgehead atoms. The minimum atomic E-state index is -0.467. The normalized spacial score (nSPS) is 15.1. The molecule has 0 aliphatic heterocycles. The van der Waals surface area contributed by atoms with E-state index in [1.807, 2.05) is 17.5 Å². The topological polar surface area (TPSA) is 84.0 Å². The van der Waals surface area contributed by atoms with Gasteiger partial charge in [0.25, 0.3) is 11.5 Å². The quantitative estimate of drug-likeness (QED) is 0.727. The fraction of sp³-hybridized carbons (Fsp3) is 0.350. The molecule has 4 rings (SSSR count). The van der Waals surface area contributed by atoms with E-state index in [-0.39, 0.29) is 24.1 Å². The van der Waals surface area contributed by atoms with Crippen molar-refractivity contribution in [2.75, 3.05) is 0 Å². The van der Waals surface area contributed by atoms with Gasteiger partial charge in [-0.05, 0) is 42.5 Å². The van der Waals surface area contributed by atoms with E-state index >= 15 is 0 Å². The summed E-state index contributed by atoms with van der Waals surface area (Å²) in [6.07, 6.45) is 5.51. The second-order valence-corrected chi connectivity index (χ2v) is 8.00. The summed E-state index contributed by atoms with van der Waals surface area (Å²) >= 11 is 1.50. The van der Waals surface area contributed by atoms with Gasteiger partial charge in [0, 0.05) is 16.5 Å². The van der Waals surface area contributed by atoms with Gasteiger partial charge >= 0.3 is 5.69 Å². The van der Waals surface area contributed by atoms with Crippen molar-refractivity contribution < 1.29 is 4.79 Å². The number of benzene rings is 1. The Morgan fingerprint density at radius 3 is 2.74 bits per heavy atom. The number of carbonyl (C=O) groups is 1. The molecule has 0 saturated heterocycles. The lowest BCUT2D eigenvalue weighted by Crippen LogP contribution is -2.37. The summed E-state index contributed by atoms with van der Waals surface area (Å²) in [5, 5.41) is 5.37. The molecule has 2 N–H and O–H groups in total. The van der Waals surface area contributed by atoms with Crippen LogP contribution in [0.4, 0.5) is 0 Å². The Balaban J connectivity index is 1.63. The number of thiophene rings is 1. The van der Waals surface area contributed by atoms with Crippen molar-refractivity contribution in [2.24, 2.45) is 0 Å². The van der Waals surface area contributed by atoms with Gasteiger partial charge in [-0.25, -0.2) is 4.79 Å². The van der Waals surface area contributed by atoms with E-state index in [1.54, 1.807) is 18.2 Å². The van der Waals surface area contributed by atoms with Gasteiger partial charge in [0.1, 0.15) is 0 Å². The molecule has 0 atom stereocenters. The summed E-state index contributed by atoms with van der Waals surface area (Å²) in [4.78, 5) is 41.3. The molecule has 1 saturated carbocycles. The first kappa shape index (κ1) is 17.7. The van der Waals surface area contributed by atoms with Gasteiger partial charge in [-0.2, -0.15) is 0 Å². The summed E-state index contributed by atoms with van der Waals surface area (Å²) in [6.45, 7) is 0.242. The number of nitrogens with one attached hydrogen (secondary N) is 2. The van der Waals surface area contributed by atoms with E-state index in [1.165, 1.54) is 22.3 Å². The Labute approximate surface area is 159 Å². The van der Waals surface area contributed by atoms with Crippen LogP contribution in [0.2, 0.25) is 0 Å². The SMILES string of the molecule is O=C(NC1CCCCC1)c1ccc2c(=O)n(Cc3cccs3)c(=O)[nH]c2c1. The highest BCUT2D eigenvalue weighted by molar-refractivity contribution is 7.09. The molecule has 27 heavy (non-hydrogen) atoms. The molecule has 1 aliphatic rings. The summed E-state index contributed by atoms with van der Waals surface area (Å²) in [5.41, 5.74) is 0.0370. The van der Waals surface area contributed by atoms with Crippen LogP contribution in [0.3, 0.4) is 0 Å². The average Bonchev–Trinajstić information content (AvgIpc) is 3.19. The third-order valence-corrected chi connectivity index (χ3v) is 5.94. The number of fused-ring (bicyclic) bond motifs is 1. The number of H-pyrrole nitrogens is 1. The number of hydrogen-bond donors (Lipinski definition) is 2. The Hall–Kier alpha value is -2.67. The van der Waals surface area contributed by atoms with Crippen LogP contribution in [0.15, 0.2) is 45.3 Å². The Kier molecular flexibility index (Phi) is 4.94. The third kappa shape index (κ3) is 3.73. The molecule has 3 aromatic rings. The van der Waals surface area contributed by atoms with Crippen molar-refractivity contribution in [1.82, 2.24) is 14.9 Å². The van der Waals surface area contributed by atoms with E-state index in [9.17, 15) is 14.4 Å². The number of aromatic nitrogens is 2. The van der Waals surface area contributed by atoms with Crippen LogP contribution < -0.4 is 16.6 Å². The monoisotopic (exact) mass is 383 g/mol. The third-order valence-electron chi connectivity index (χ3n) is 5.08. The van der Waals surface area contributed by atoms with E-state index in [0.717, 1.165) is 30.6 Å². The van der Waals surface area contributed by atoms with Crippen LogP contribution in [-0.4, -0.2) is 21.5 Å². The minimum Gasteiger partial charge on any atom is -0.349 e. The van der Waals surface area contributed by atoms with Gasteiger partial charge in [-0.15, -0.1) is 11.3 Å². The van der Waals surface area contributed by atoms with Crippen molar-refractivity contribution in [3.05, 3.63) is 67.0 Å². The molecular weight excluding hydrogens is 362 g/mol. The molecule has 1 amide bonds. The summed E-state index contributed by atoms with van der Waals surface area (Å²) < 4.78 is 1.19. The van der Waals surface area contributed by atoms with E-state index in [2.05, 4.69) is 10.3 Å². The molecular formula is C20H21N3O3S. The van der Waals surface area contributed by atoms with Crippen LogP contribution in [0, 0.1) is 0 Å². The van der Waals surface area contributed by atoms with Gasteiger partial charge in [0.15, 0.2) is 0 Å². The van der Waals surface area contributed by atoms with Crippen LogP contribution in [0.1, 0.15) is 47.3 Å². The molecule has 2 heterocycles. The van der Waals surface area contributed by atoms with Crippen molar-refractivity contribution in [3.8, 4) is 0 Å². The van der Waals surface area contributed by atoms with Crippen LogP contribution in [0.25, 0.3) is 10.9 Å². The Morgan fingerprint density at radius 2 is 2.00 bits per heavy atom. The minimum absolute atomic E-state index is 0.160. The standard InChI is InChI=1S/C20H21N3O3S/c24-18(21-14-5-2-1-3-6-14)13-8-9-16-17(11-13)22-20(26)23(19(16)25)12-15-7-4-10-27-15/h4,7-11,14H,1-3,5-6,12H2,(H,21,24)(H,22,26). The summed E-state index contributed by atoms with van der Waals surface area (Å²) in [7, 11) is 0. The highest BCUT2D eigenvalue weighted by atomic mass is 32.1. The van der Waals surface area contributed by atoms with Crippen molar-refractivity contribution in [3.63, 3.8) is 0 Å². The molecule has 0 unspecified atom stereocenters. The maximum absolute atomic E-state index is 12.7. The van der Waals surface area contributed by atoms with Crippen LogP contribution in [-0.2, 0) is 6.54 Å². The first-order valence-corrected chi connectivity index (χ1v) is 10.1.